The summed E-state index contributed by atoms with van der Waals surface area (Å²) in [6, 6.07) is 3.91. The van der Waals surface area contributed by atoms with Gasteiger partial charge in [-0.3, -0.25) is 9.59 Å². The Morgan fingerprint density at radius 2 is 2.08 bits per heavy atom. The molecule has 0 aliphatic carbocycles. The van der Waals surface area contributed by atoms with Gasteiger partial charge in [-0.25, -0.2) is 0 Å². The molecule has 132 valence electrons. The third kappa shape index (κ3) is 4.07. The van der Waals surface area contributed by atoms with E-state index in [4.69, 9.17) is 4.74 Å². The summed E-state index contributed by atoms with van der Waals surface area (Å²) in [5.41, 5.74) is -0.502. The summed E-state index contributed by atoms with van der Waals surface area (Å²) in [5.74, 6) is -1.60. The van der Waals surface area contributed by atoms with Gasteiger partial charge in [0.05, 0.1) is 24.3 Å². The van der Waals surface area contributed by atoms with Crippen molar-refractivity contribution in [2.45, 2.75) is 39.3 Å². The van der Waals surface area contributed by atoms with Crippen LogP contribution in [0, 0.1) is 12.8 Å². The summed E-state index contributed by atoms with van der Waals surface area (Å²) >= 11 is 0. The first-order valence-corrected chi connectivity index (χ1v) is 7.89. The van der Waals surface area contributed by atoms with Crippen molar-refractivity contribution < 1.29 is 27.5 Å². The summed E-state index contributed by atoms with van der Waals surface area (Å²) in [5, 5.41) is 0. The minimum Gasteiger partial charge on any atom is -0.466 e. The van der Waals surface area contributed by atoms with E-state index in [0.717, 1.165) is 11.0 Å². The minimum atomic E-state index is -4.55. The number of benzene rings is 1. The van der Waals surface area contributed by atoms with Crippen molar-refractivity contribution in [2.75, 3.05) is 18.1 Å². The van der Waals surface area contributed by atoms with Crippen LogP contribution >= 0.6 is 0 Å². The standard InChI is InChI=1S/C17H20F3NO3/c1-3-24-15(22)10-12-5-4-8-21(16(12)23)14-7-6-11(2)9-13(14)17(18,19)20/h6-7,9,12H,3-5,8,10H2,1-2H3. The molecule has 1 unspecified atom stereocenters. The molecular formula is C17H20F3NO3. The molecule has 1 fully saturated rings. The smallest absolute Gasteiger partial charge is 0.418 e. The van der Waals surface area contributed by atoms with Crippen molar-refractivity contribution in [3.05, 3.63) is 29.3 Å². The van der Waals surface area contributed by atoms with Crippen LogP contribution in [0.2, 0.25) is 0 Å². The van der Waals surface area contributed by atoms with Crippen molar-refractivity contribution in [1.29, 1.82) is 0 Å². The lowest BCUT2D eigenvalue weighted by molar-refractivity contribution is -0.146. The Bertz CT molecular complexity index is 628. The first-order valence-electron chi connectivity index (χ1n) is 7.89. The number of alkyl halides is 3. The summed E-state index contributed by atoms with van der Waals surface area (Å²) in [6.45, 7) is 3.65. The predicted molar refractivity (Wildman–Crippen MR) is 82.5 cm³/mol. The molecule has 0 radical (unpaired) electrons. The van der Waals surface area contributed by atoms with Gasteiger partial charge in [0.1, 0.15) is 0 Å². The molecule has 2 rings (SSSR count). The van der Waals surface area contributed by atoms with Crippen molar-refractivity contribution in [3.8, 4) is 0 Å². The van der Waals surface area contributed by atoms with Crippen molar-refractivity contribution in [1.82, 2.24) is 0 Å². The molecule has 1 aliphatic heterocycles. The number of hydrogen-bond donors (Lipinski definition) is 0. The monoisotopic (exact) mass is 343 g/mol. The largest absolute Gasteiger partial charge is 0.466 e. The fourth-order valence-corrected chi connectivity index (χ4v) is 2.91. The van der Waals surface area contributed by atoms with Gasteiger partial charge in [0.2, 0.25) is 5.91 Å². The predicted octanol–water partition coefficient (Wildman–Crippen LogP) is 3.71. The van der Waals surface area contributed by atoms with E-state index in [1.165, 1.54) is 6.07 Å². The van der Waals surface area contributed by atoms with Crippen LogP contribution in [-0.2, 0) is 20.5 Å². The first kappa shape index (κ1) is 18.3. The van der Waals surface area contributed by atoms with Gasteiger partial charge in [-0.15, -0.1) is 0 Å². The number of carbonyl (C=O) groups excluding carboxylic acids is 2. The first-order chi connectivity index (χ1) is 11.2. The highest BCUT2D eigenvalue weighted by molar-refractivity contribution is 5.98. The number of nitrogens with zero attached hydrogens (tertiary/aromatic N) is 1. The Hall–Kier alpha value is -2.05. The molecule has 1 heterocycles. The molecule has 0 saturated carbocycles. The molecule has 1 atom stereocenters. The van der Waals surface area contributed by atoms with Crippen LogP contribution < -0.4 is 4.90 Å². The van der Waals surface area contributed by atoms with Gasteiger partial charge in [-0.05, 0) is 38.8 Å². The van der Waals surface area contributed by atoms with E-state index < -0.39 is 29.5 Å². The zero-order chi connectivity index (χ0) is 17.9. The molecule has 1 aromatic carbocycles. The van der Waals surface area contributed by atoms with E-state index in [1.54, 1.807) is 19.9 Å². The molecule has 24 heavy (non-hydrogen) atoms. The number of piperidine rings is 1. The SMILES string of the molecule is CCOC(=O)CC1CCCN(c2ccc(C)cc2C(F)(F)F)C1=O. The maximum Gasteiger partial charge on any atom is 0.418 e. The van der Waals surface area contributed by atoms with E-state index in [-0.39, 0.29) is 25.3 Å². The third-order valence-corrected chi connectivity index (χ3v) is 4.02. The quantitative estimate of drug-likeness (QED) is 0.783. The number of hydrogen-bond acceptors (Lipinski definition) is 3. The van der Waals surface area contributed by atoms with Crippen molar-refractivity contribution in [3.63, 3.8) is 0 Å². The van der Waals surface area contributed by atoms with Gasteiger partial charge in [-0.1, -0.05) is 11.6 Å². The number of anilines is 1. The molecular weight excluding hydrogens is 323 g/mol. The van der Waals surface area contributed by atoms with Crippen LogP contribution in [0.4, 0.5) is 18.9 Å². The molecule has 0 N–H and O–H groups in total. The lowest BCUT2D eigenvalue weighted by Gasteiger charge is -2.33. The Kier molecular flexibility index (Phi) is 5.51. The maximum absolute atomic E-state index is 13.3. The Balaban J connectivity index is 2.29. The fourth-order valence-electron chi connectivity index (χ4n) is 2.91. The van der Waals surface area contributed by atoms with Gasteiger partial charge < -0.3 is 9.64 Å². The number of amides is 1. The number of carbonyl (C=O) groups is 2. The second-order valence-electron chi connectivity index (χ2n) is 5.86. The number of ether oxygens (including phenoxy) is 1. The van der Waals surface area contributed by atoms with Crippen molar-refractivity contribution >= 4 is 17.6 Å². The zero-order valence-corrected chi connectivity index (χ0v) is 13.7. The van der Waals surface area contributed by atoms with Crippen LogP contribution in [0.25, 0.3) is 0 Å². The topological polar surface area (TPSA) is 46.6 Å². The highest BCUT2D eigenvalue weighted by Crippen LogP contribution is 2.39. The number of aryl methyl sites for hydroxylation is 1. The lowest BCUT2D eigenvalue weighted by Crippen LogP contribution is -2.43. The molecule has 4 nitrogen and oxygen atoms in total. The van der Waals surface area contributed by atoms with E-state index in [2.05, 4.69) is 0 Å². The van der Waals surface area contributed by atoms with E-state index in [9.17, 15) is 22.8 Å². The molecule has 7 heteroatoms. The van der Waals surface area contributed by atoms with Crippen LogP contribution in [0.1, 0.15) is 37.3 Å². The highest BCUT2D eigenvalue weighted by Gasteiger charge is 2.39. The number of esters is 1. The average molecular weight is 343 g/mol. The fraction of sp³-hybridized carbons (Fsp3) is 0.529. The van der Waals surface area contributed by atoms with Crippen molar-refractivity contribution in [2.24, 2.45) is 5.92 Å². The average Bonchev–Trinajstić information content (AvgIpc) is 2.49. The number of rotatable bonds is 4. The normalized spacial score (nSPS) is 18.6. The van der Waals surface area contributed by atoms with Crippen LogP contribution in [0.5, 0.6) is 0 Å². The molecule has 0 bridgehead atoms. The summed E-state index contributed by atoms with van der Waals surface area (Å²) in [7, 11) is 0. The van der Waals surface area contributed by atoms with Gasteiger partial charge >= 0.3 is 12.1 Å². The van der Waals surface area contributed by atoms with Crippen LogP contribution in [0.3, 0.4) is 0 Å². The zero-order valence-electron chi connectivity index (χ0n) is 13.7. The lowest BCUT2D eigenvalue weighted by atomic mass is 9.92. The third-order valence-electron chi connectivity index (χ3n) is 4.02. The summed E-state index contributed by atoms with van der Waals surface area (Å²) < 4.78 is 44.8. The van der Waals surface area contributed by atoms with Gasteiger partial charge in [0.15, 0.2) is 0 Å². The molecule has 1 amide bonds. The van der Waals surface area contributed by atoms with E-state index >= 15 is 0 Å². The second-order valence-corrected chi connectivity index (χ2v) is 5.86. The molecule has 0 spiro atoms. The Morgan fingerprint density at radius 1 is 1.38 bits per heavy atom. The molecule has 1 aliphatic rings. The summed E-state index contributed by atoms with van der Waals surface area (Å²) in [4.78, 5) is 25.3. The van der Waals surface area contributed by atoms with Gasteiger partial charge in [-0.2, -0.15) is 13.2 Å². The highest BCUT2D eigenvalue weighted by atomic mass is 19.4. The van der Waals surface area contributed by atoms with E-state index in [0.29, 0.717) is 18.4 Å². The number of halogens is 3. The van der Waals surface area contributed by atoms with Crippen LogP contribution in [-0.4, -0.2) is 25.0 Å². The minimum absolute atomic E-state index is 0.101. The maximum atomic E-state index is 13.3. The van der Waals surface area contributed by atoms with E-state index in [1.807, 2.05) is 0 Å². The Labute approximate surface area is 138 Å². The van der Waals surface area contributed by atoms with Gasteiger partial charge in [0, 0.05) is 12.5 Å². The molecule has 1 aromatic rings. The van der Waals surface area contributed by atoms with Crippen LogP contribution in [0.15, 0.2) is 18.2 Å². The summed E-state index contributed by atoms with van der Waals surface area (Å²) in [6.07, 6.45) is -3.63. The molecule has 1 saturated heterocycles. The second kappa shape index (κ2) is 7.23. The molecule has 0 aromatic heterocycles. The Morgan fingerprint density at radius 3 is 2.71 bits per heavy atom. The van der Waals surface area contributed by atoms with Gasteiger partial charge in [0.25, 0.3) is 0 Å².